The molecule has 1 saturated heterocycles. The number of rotatable bonds is 4. The molecule has 1 aliphatic heterocycles. The lowest BCUT2D eigenvalue weighted by atomic mass is 9.84. The van der Waals surface area contributed by atoms with Crippen molar-refractivity contribution >= 4 is 0 Å². The second-order valence-corrected chi connectivity index (χ2v) is 4.49. The number of benzene rings is 1. The van der Waals surface area contributed by atoms with E-state index in [-0.39, 0.29) is 0 Å². The molecule has 2 rings (SSSR count). The zero-order valence-electron chi connectivity index (χ0n) is 9.55. The summed E-state index contributed by atoms with van der Waals surface area (Å²) in [5, 5.41) is 3.48. The van der Waals surface area contributed by atoms with E-state index >= 15 is 0 Å². The molecule has 0 aliphatic carbocycles. The monoisotopic (exact) mass is 205 g/mol. The lowest BCUT2D eigenvalue weighted by Gasteiger charge is -2.40. The zero-order chi connectivity index (χ0) is 10.7. The Kier molecular flexibility index (Phi) is 2.96. The Bertz CT molecular complexity index is 314. The van der Waals surface area contributed by atoms with E-state index in [9.17, 15) is 0 Å². The van der Waals surface area contributed by atoms with Crippen LogP contribution in [0.1, 0.15) is 25.8 Å². The fraction of sp³-hybridized carbons (Fsp3) is 0.538. The molecule has 1 N–H and O–H groups in total. The number of hydrogen-bond donors (Lipinski definition) is 1. The van der Waals surface area contributed by atoms with Crippen molar-refractivity contribution in [2.75, 3.05) is 13.2 Å². The molecule has 0 aromatic heterocycles. The van der Waals surface area contributed by atoms with Gasteiger partial charge in [-0.15, -0.1) is 0 Å². The Morgan fingerprint density at radius 2 is 2.00 bits per heavy atom. The summed E-state index contributed by atoms with van der Waals surface area (Å²) in [5.74, 6) is 0.966. The first-order valence-electron chi connectivity index (χ1n) is 5.69. The van der Waals surface area contributed by atoms with Gasteiger partial charge in [0, 0.05) is 5.54 Å². The predicted molar refractivity (Wildman–Crippen MR) is 62.3 cm³/mol. The summed E-state index contributed by atoms with van der Waals surface area (Å²) in [6, 6.07) is 8.44. The van der Waals surface area contributed by atoms with Crippen LogP contribution in [0, 0.1) is 0 Å². The quantitative estimate of drug-likeness (QED) is 0.815. The van der Waals surface area contributed by atoms with Crippen LogP contribution in [0.2, 0.25) is 0 Å². The molecule has 0 amide bonds. The van der Waals surface area contributed by atoms with Crippen LogP contribution in [0.5, 0.6) is 5.75 Å². The van der Waals surface area contributed by atoms with Gasteiger partial charge in [0.2, 0.25) is 0 Å². The highest BCUT2D eigenvalue weighted by molar-refractivity contribution is 5.28. The van der Waals surface area contributed by atoms with E-state index in [1.165, 1.54) is 12.0 Å². The average molecular weight is 205 g/mol. The molecule has 1 aromatic carbocycles. The van der Waals surface area contributed by atoms with Gasteiger partial charge in [0.1, 0.15) is 5.75 Å². The van der Waals surface area contributed by atoms with Gasteiger partial charge in [-0.25, -0.2) is 0 Å². The summed E-state index contributed by atoms with van der Waals surface area (Å²) >= 11 is 0. The minimum absolute atomic E-state index is 0.327. The molecule has 2 heteroatoms. The SMILES string of the molecule is CCOc1ccc(CC2(C)CCN2)cc1. The summed E-state index contributed by atoms with van der Waals surface area (Å²) in [7, 11) is 0. The third kappa shape index (κ3) is 2.51. The van der Waals surface area contributed by atoms with E-state index in [0.717, 1.165) is 25.3 Å². The van der Waals surface area contributed by atoms with Crippen LogP contribution >= 0.6 is 0 Å². The molecule has 1 unspecified atom stereocenters. The van der Waals surface area contributed by atoms with Crippen molar-refractivity contribution in [2.45, 2.75) is 32.2 Å². The molecular weight excluding hydrogens is 186 g/mol. The molecule has 0 bridgehead atoms. The van der Waals surface area contributed by atoms with Gasteiger partial charge in [-0.3, -0.25) is 0 Å². The van der Waals surface area contributed by atoms with Gasteiger partial charge in [0.25, 0.3) is 0 Å². The fourth-order valence-electron chi connectivity index (χ4n) is 2.02. The zero-order valence-corrected chi connectivity index (χ0v) is 9.55. The number of nitrogens with one attached hydrogen (secondary N) is 1. The van der Waals surface area contributed by atoms with E-state index < -0.39 is 0 Å². The largest absolute Gasteiger partial charge is 0.494 e. The van der Waals surface area contributed by atoms with Crippen LogP contribution in [0.4, 0.5) is 0 Å². The second-order valence-electron chi connectivity index (χ2n) is 4.49. The highest BCUT2D eigenvalue weighted by Gasteiger charge is 2.30. The third-order valence-electron chi connectivity index (χ3n) is 3.06. The Balaban J connectivity index is 1.97. The molecule has 1 aliphatic rings. The van der Waals surface area contributed by atoms with Crippen LogP contribution in [-0.2, 0) is 6.42 Å². The molecule has 0 radical (unpaired) electrons. The van der Waals surface area contributed by atoms with E-state index in [0.29, 0.717) is 5.54 Å². The van der Waals surface area contributed by atoms with Crippen molar-refractivity contribution in [3.05, 3.63) is 29.8 Å². The minimum atomic E-state index is 0.327. The number of ether oxygens (including phenoxy) is 1. The van der Waals surface area contributed by atoms with Gasteiger partial charge >= 0.3 is 0 Å². The molecule has 0 saturated carbocycles. The van der Waals surface area contributed by atoms with Crippen molar-refractivity contribution in [3.63, 3.8) is 0 Å². The molecule has 1 aromatic rings. The predicted octanol–water partition coefficient (Wildman–Crippen LogP) is 2.38. The Morgan fingerprint density at radius 3 is 2.47 bits per heavy atom. The molecule has 0 spiro atoms. The van der Waals surface area contributed by atoms with Gasteiger partial charge in [-0.1, -0.05) is 12.1 Å². The molecule has 1 fully saturated rings. The maximum absolute atomic E-state index is 5.42. The molecule has 15 heavy (non-hydrogen) atoms. The normalized spacial score (nSPS) is 24.7. The van der Waals surface area contributed by atoms with Gasteiger partial charge in [-0.2, -0.15) is 0 Å². The lowest BCUT2D eigenvalue weighted by Crippen LogP contribution is -2.55. The molecule has 2 nitrogen and oxygen atoms in total. The molecule has 1 atom stereocenters. The van der Waals surface area contributed by atoms with Crippen molar-refractivity contribution in [1.29, 1.82) is 0 Å². The summed E-state index contributed by atoms with van der Waals surface area (Å²) in [6.45, 7) is 6.19. The third-order valence-corrected chi connectivity index (χ3v) is 3.06. The first-order chi connectivity index (χ1) is 7.22. The average Bonchev–Trinajstić information content (AvgIpc) is 2.19. The Hall–Kier alpha value is -1.02. The van der Waals surface area contributed by atoms with Crippen LogP contribution in [0.25, 0.3) is 0 Å². The van der Waals surface area contributed by atoms with Gasteiger partial charge in [0.15, 0.2) is 0 Å². The topological polar surface area (TPSA) is 21.3 Å². The first-order valence-corrected chi connectivity index (χ1v) is 5.69. The lowest BCUT2D eigenvalue weighted by molar-refractivity contribution is 0.231. The van der Waals surface area contributed by atoms with Crippen LogP contribution < -0.4 is 10.1 Å². The highest BCUT2D eigenvalue weighted by atomic mass is 16.5. The molecular formula is C13H19NO. The van der Waals surface area contributed by atoms with Crippen LogP contribution in [-0.4, -0.2) is 18.7 Å². The van der Waals surface area contributed by atoms with Crippen molar-refractivity contribution < 1.29 is 4.74 Å². The standard InChI is InChI=1S/C13H19NO/c1-3-15-12-6-4-11(5-7-12)10-13(2)8-9-14-13/h4-7,14H,3,8-10H2,1-2H3. The van der Waals surface area contributed by atoms with Gasteiger partial charge < -0.3 is 10.1 Å². The smallest absolute Gasteiger partial charge is 0.119 e. The number of hydrogen-bond acceptors (Lipinski definition) is 2. The maximum Gasteiger partial charge on any atom is 0.119 e. The Labute approximate surface area is 91.6 Å². The summed E-state index contributed by atoms with van der Waals surface area (Å²) in [4.78, 5) is 0. The molecule has 1 heterocycles. The fourth-order valence-corrected chi connectivity index (χ4v) is 2.02. The molecule has 82 valence electrons. The van der Waals surface area contributed by atoms with Crippen molar-refractivity contribution in [3.8, 4) is 5.75 Å². The second kappa shape index (κ2) is 4.23. The highest BCUT2D eigenvalue weighted by Crippen LogP contribution is 2.24. The maximum atomic E-state index is 5.42. The van der Waals surface area contributed by atoms with E-state index in [1.807, 2.05) is 6.92 Å². The van der Waals surface area contributed by atoms with E-state index in [2.05, 4.69) is 36.5 Å². The minimum Gasteiger partial charge on any atom is -0.494 e. The van der Waals surface area contributed by atoms with Crippen LogP contribution in [0.3, 0.4) is 0 Å². The Morgan fingerprint density at radius 1 is 1.33 bits per heavy atom. The van der Waals surface area contributed by atoms with Gasteiger partial charge in [0.05, 0.1) is 6.61 Å². The van der Waals surface area contributed by atoms with Crippen molar-refractivity contribution in [2.24, 2.45) is 0 Å². The summed E-state index contributed by atoms with van der Waals surface area (Å²) in [5.41, 5.74) is 1.71. The van der Waals surface area contributed by atoms with E-state index in [1.54, 1.807) is 0 Å². The summed E-state index contributed by atoms with van der Waals surface area (Å²) < 4.78 is 5.42. The summed E-state index contributed by atoms with van der Waals surface area (Å²) in [6.07, 6.45) is 2.39. The van der Waals surface area contributed by atoms with Crippen LogP contribution in [0.15, 0.2) is 24.3 Å². The van der Waals surface area contributed by atoms with Gasteiger partial charge in [-0.05, 0) is 50.9 Å². The van der Waals surface area contributed by atoms with Crippen molar-refractivity contribution in [1.82, 2.24) is 5.32 Å². The van der Waals surface area contributed by atoms with E-state index in [4.69, 9.17) is 4.74 Å². The first kappa shape index (κ1) is 10.5.